The van der Waals surface area contributed by atoms with Crippen LogP contribution in [-0.4, -0.2) is 66.4 Å². The zero-order valence-electron chi connectivity index (χ0n) is 22.9. The number of amides is 1. The highest BCUT2D eigenvalue weighted by molar-refractivity contribution is 6.04. The summed E-state index contributed by atoms with van der Waals surface area (Å²) >= 11 is 0. The Labute approximate surface area is 228 Å². The van der Waals surface area contributed by atoms with Gasteiger partial charge in [-0.25, -0.2) is 14.0 Å². The Morgan fingerprint density at radius 1 is 1.13 bits per heavy atom. The number of hydrogen-bond donors (Lipinski definition) is 2. The summed E-state index contributed by atoms with van der Waals surface area (Å²) in [5, 5.41) is 3.49. The maximum atomic E-state index is 13.6. The summed E-state index contributed by atoms with van der Waals surface area (Å²) in [6.45, 7) is 8.89. The molecule has 0 saturated carbocycles. The van der Waals surface area contributed by atoms with Crippen molar-refractivity contribution in [3.05, 3.63) is 71.7 Å². The van der Waals surface area contributed by atoms with Crippen LogP contribution in [0.5, 0.6) is 0 Å². The lowest BCUT2D eigenvalue weighted by Gasteiger charge is -2.34. The zero-order chi connectivity index (χ0) is 27.8. The Kier molecular flexibility index (Phi) is 9.59. The van der Waals surface area contributed by atoms with E-state index in [4.69, 9.17) is 14.2 Å². The minimum absolute atomic E-state index is 0.235. The highest BCUT2D eigenvalue weighted by Crippen LogP contribution is 2.22. The van der Waals surface area contributed by atoms with Gasteiger partial charge in [0.25, 0.3) is 0 Å². The van der Waals surface area contributed by atoms with E-state index >= 15 is 0 Å². The predicted molar refractivity (Wildman–Crippen MR) is 147 cm³/mol. The molecule has 3 aromatic rings. The molecule has 0 spiro atoms. The van der Waals surface area contributed by atoms with Crippen molar-refractivity contribution in [1.29, 1.82) is 0 Å². The molecule has 1 amide bonds. The number of esters is 1. The van der Waals surface area contributed by atoms with Crippen molar-refractivity contribution in [3.63, 3.8) is 0 Å². The number of aromatic amines is 1. The van der Waals surface area contributed by atoms with E-state index in [1.807, 2.05) is 51.1 Å². The number of halogens is 1. The van der Waals surface area contributed by atoms with Gasteiger partial charge in [0, 0.05) is 23.6 Å². The first-order valence-electron chi connectivity index (χ1n) is 13.4. The summed E-state index contributed by atoms with van der Waals surface area (Å²) in [5.41, 5.74) is 1.52. The average molecular weight is 540 g/mol. The zero-order valence-corrected chi connectivity index (χ0v) is 22.9. The van der Waals surface area contributed by atoms with Crippen LogP contribution in [0.4, 0.5) is 9.18 Å². The van der Waals surface area contributed by atoms with Crippen LogP contribution >= 0.6 is 0 Å². The molecule has 0 radical (unpaired) electrons. The van der Waals surface area contributed by atoms with Crippen molar-refractivity contribution < 1.29 is 28.2 Å². The predicted octanol–water partition coefficient (Wildman–Crippen LogP) is 5.29. The van der Waals surface area contributed by atoms with E-state index in [1.165, 1.54) is 12.1 Å². The minimum Gasteiger partial charge on any atom is -0.462 e. The molecule has 4 rings (SSSR count). The molecular formula is C30H38FN3O5. The summed E-state index contributed by atoms with van der Waals surface area (Å²) in [4.78, 5) is 30.4. The molecule has 1 aliphatic rings. The summed E-state index contributed by atoms with van der Waals surface area (Å²) in [7, 11) is 0. The van der Waals surface area contributed by atoms with Crippen molar-refractivity contribution >= 4 is 23.0 Å². The average Bonchev–Trinajstić information content (AvgIpc) is 3.30. The number of hydrogen-bond acceptors (Lipinski definition) is 6. The molecule has 1 aromatic heterocycles. The Bertz CT molecular complexity index is 1230. The van der Waals surface area contributed by atoms with Gasteiger partial charge in [-0.1, -0.05) is 30.3 Å². The first-order valence-corrected chi connectivity index (χ1v) is 13.4. The largest absolute Gasteiger partial charge is 0.462 e. The Morgan fingerprint density at radius 3 is 2.59 bits per heavy atom. The SMILES string of the molecule is CC(C)(C)OC(=O)N[C@H](COCc1ccccc1)CN1CCC(COC(=O)c2c[nH]c3ccc(F)cc23)CC1. The van der Waals surface area contributed by atoms with E-state index in [0.717, 1.165) is 31.5 Å². The van der Waals surface area contributed by atoms with Crippen molar-refractivity contribution in [2.24, 2.45) is 5.92 Å². The van der Waals surface area contributed by atoms with Crippen molar-refractivity contribution in [3.8, 4) is 0 Å². The fourth-order valence-electron chi connectivity index (χ4n) is 4.69. The Balaban J connectivity index is 1.25. The number of carbonyl (C=O) groups is 2. The third-order valence-electron chi connectivity index (χ3n) is 6.65. The lowest BCUT2D eigenvalue weighted by Crippen LogP contribution is -2.49. The first kappa shape index (κ1) is 28.6. The topological polar surface area (TPSA) is 92.9 Å². The molecule has 39 heavy (non-hydrogen) atoms. The molecule has 2 aromatic carbocycles. The second-order valence-electron chi connectivity index (χ2n) is 11.1. The van der Waals surface area contributed by atoms with Gasteiger partial charge in [-0.2, -0.15) is 0 Å². The third kappa shape index (κ3) is 8.80. The number of carbonyl (C=O) groups excluding carboxylic acids is 2. The van der Waals surface area contributed by atoms with Crippen LogP contribution < -0.4 is 5.32 Å². The van der Waals surface area contributed by atoms with Gasteiger partial charge in [-0.3, -0.25) is 0 Å². The molecule has 1 saturated heterocycles. The van der Waals surface area contributed by atoms with Crippen molar-refractivity contribution in [2.45, 2.75) is 51.9 Å². The van der Waals surface area contributed by atoms with E-state index in [9.17, 15) is 14.0 Å². The molecule has 0 unspecified atom stereocenters. The van der Waals surface area contributed by atoms with Gasteiger partial charge >= 0.3 is 12.1 Å². The number of ether oxygens (including phenoxy) is 3. The van der Waals surface area contributed by atoms with Gasteiger partial charge in [-0.15, -0.1) is 0 Å². The van der Waals surface area contributed by atoms with E-state index < -0.39 is 23.5 Å². The van der Waals surface area contributed by atoms with Crippen LogP contribution in [0.3, 0.4) is 0 Å². The number of nitrogens with zero attached hydrogens (tertiary/aromatic N) is 1. The van der Waals surface area contributed by atoms with Crippen LogP contribution in [0.15, 0.2) is 54.7 Å². The first-order chi connectivity index (χ1) is 18.7. The Morgan fingerprint density at radius 2 is 1.87 bits per heavy atom. The number of H-pyrrole nitrogens is 1. The lowest BCUT2D eigenvalue weighted by molar-refractivity contribution is 0.0311. The van der Waals surface area contributed by atoms with Gasteiger partial charge < -0.3 is 29.4 Å². The molecule has 2 N–H and O–H groups in total. The van der Waals surface area contributed by atoms with Crippen LogP contribution in [0, 0.1) is 11.7 Å². The fourth-order valence-corrected chi connectivity index (χ4v) is 4.69. The van der Waals surface area contributed by atoms with Gasteiger partial charge in [-0.05, 0) is 76.4 Å². The number of fused-ring (bicyclic) bond motifs is 1. The van der Waals surface area contributed by atoms with Gasteiger partial charge in [0.2, 0.25) is 0 Å². The van der Waals surface area contributed by atoms with Crippen molar-refractivity contribution in [1.82, 2.24) is 15.2 Å². The number of likely N-dealkylation sites (tertiary alicyclic amines) is 1. The summed E-state index contributed by atoms with van der Waals surface area (Å²) in [5.74, 6) is -0.612. The standard InChI is InChI=1S/C30H38FN3O5/c1-30(2,3)39-29(36)33-24(20-37-18-21-7-5-4-6-8-21)17-34-13-11-22(12-14-34)19-38-28(35)26-16-32-27-10-9-23(31)15-25(26)27/h4-10,15-16,22,24,32H,11-14,17-20H2,1-3H3,(H,33,36)/t24-/m0/s1. The number of alkyl carbamates (subject to hydrolysis) is 1. The number of aromatic nitrogens is 1. The Hall–Kier alpha value is -3.43. The molecular weight excluding hydrogens is 501 g/mol. The number of benzene rings is 2. The van der Waals surface area contributed by atoms with Gasteiger partial charge in [0.05, 0.1) is 31.4 Å². The molecule has 8 nitrogen and oxygen atoms in total. The van der Waals surface area contributed by atoms with E-state index in [0.29, 0.717) is 42.8 Å². The van der Waals surface area contributed by atoms with Gasteiger partial charge in [0.15, 0.2) is 0 Å². The monoisotopic (exact) mass is 539 g/mol. The summed E-state index contributed by atoms with van der Waals surface area (Å²) < 4.78 is 30.6. The minimum atomic E-state index is -0.587. The number of nitrogens with one attached hydrogen (secondary N) is 2. The number of rotatable bonds is 10. The van der Waals surface area contributed by atoms with Crippen molar-refractivity contribution in [2.75, 3.05) is 32.8 Å². The maximum absolute atomic E-state index is 13.6. The van der Waals surface area contributed by atoms with E-state index in [-0.39, 0.29) is 12.0 Å². The summed E-state index contributed by atoms with van der Waals surface area (Å²) in [6.07, 6.45) is 2.82. The third-order valence-corrected chi connectivity index (χ3v) is 6.65. The fraction of sp³-hybridized carbons (Fsp3) is 0.467. The van der Waals surface area contributed by atoms with E-state index in [2.05, 4.69) is 15.2 Å². The lowest BCUT2D eigenvalue weighted by atomic mass is 9.97. The molecule has 1 fully saturated rings. The van der Waals surface area contributed by atoms with Crippen LogP contribution in [-0.2, 0) is 20.8 Å². The highest BCUT2D eigenvalue weighted by atomic mass is 19.1. The number of piperidine rings is 1. The van der Waals surface area contributed by atoms with Crippen LogP contribution in [0.2, 0.25) is 0 Å². The smallest absolute Gasteiger partial charge is 0.407 e. The summed E-state index contributed by atoms with van der Waals surface area (Å²) in [6, 6.07) is 14.0. The molecule has 9 heteroatoms. The molecule has 1 aliphatic heterocycles. The molecule has 210 valence electrons. The highest BCUT2D eigenvalue weighted by Gasteiger charge is 2.26. The van der Waals surface area contributed by atoms with Gasteiger partial charge in [0.1, 0.15) is 11.4 Å². The second-order valence-corrected chi connectivity index (χ2v) is 11.1. The molecule has 0 aliphatic carbocycles. The molecule has 2 heterocycles. The van der Waals surface area contributed by atoms with Crippen LogP contribution in [0.1, 0.15) is 49.5 Å². The van der Waals surface area contributed by atoms with Crippen LogP contribution in [0.25, 0.3) is 10.9 Å². The second kappa shape index (κ2) is 13.1. The quantitative estimate of drug-likeness (QED) is 0.340. The molecule has 1 atom stereocenters. The maximum Gasteiger partial charge on any atom is 0.407 e. The van der Waals surface area contributed by atoms with E-state index in [1.54, 1.807) is 12.3 Å². The molecule has 0 bridgehead atoms. The normalized spacial score (nSPS) is 15.7.